The first-order valence-electron chi connectivity index (χ1n) is 11.0. The molecule has 0 aliphatic carbocycles. The largest absolute Gasteiger partial charge is 0.495 e. The molecule has 2 aromatic carbocycles. The number of ether oxygens (including phenoxy) is 1. The summed E-state index contributed by atoms with van der Waals surface area (Å²) < 4.78 is 30.9. The summed E-state index contributed by atoms with van der Waals surface area (Å²) in [5, 5.41) is 14.0. The van der Waals surface area contributed by atoms with E-state index in [0.717, 1.165) is 41.0 Å². The molecule has 1 amide bonds. The van der Waals surface area contributed by atoms with Crippen LogP contribution in [0.15, 0.2) is 42.5 Å². The monoisotopic (exact) mass is 490 g/mol. The number of nitrogens with one attached hydrogen (secondary N) is 1. The highest BCUT2D eigenvalue weighted by atomic mass is 32.2. The third-order valence-electron chi connectivity index (χ3n) is 5.82. The minimum atomic E-state index is -3.94. The van der Waals surface area contributed by atoms with Crippen LogP contribution in [0.3, 0.4) is 0 Å². The Morgan fingerprint density at radius 2 is 1.82 bits per heavy atom. The first kappa shape index (κ1) is 25.3. The molecule has 1 saturated heterocycles. The fraction of sp³-hybridized carbons (Fsp3) is 0.435. The SMILES string of the molecule is COc1ccc([N+](=O)[O-])cc1N(CC(=O)NC(C)c1ccc(N2CCCCC2)cc1)S(C)(=O)=O. The van der Waals surface area contributed by atoms with E-state index in [1.165, 1.54) is 38.5 Å². The Morgan fingerprint density at radius 1 is 1.18 bits per heavy atom. The number of nitro groups is 1. The number of piperidine rings is 1. The topological polar surface area (TPSA) is 122 Å². The normalized spacial score (nSPS) is 14.9. The number of rotatable bonds is 9. The number of hydrogen-bond acceptors (Lipinski definition) is 7. The summed E-state index contributed by atoms with van der Waals surface area (Å²) in [5.74, 6) is -0.447. The lowest BCUT2D eigenvalue weighted by Crippen LogP contribution is -2.41. The van der Waals surface area contributed by atoms with Crippen LogP contribution in [0.1, 0.15) is 37.8 Å². The predicted octanol–water partition coefficient (Wildman–Crippen LogP) is 3.24. The van der Waals surface area contributed by atoms with E-state index in [9.17, 15) is 23.3 Å². The maximum Gasteiger partial charge on any atom is 0.271 e. The zero-order valence-corrected chi connectivity index (χ0v) is 20.4. The molecule has 1 aliphatic rings. The molecule has 10 nitrogen and oxygen atoms in total. The highest BCUT2D eigenvalue weighted by Gasteiger charge is 2.27. The fourth-order valence-corrected chi connectivity index (χ4v) is 4.85. The molecule has 184 valence electrons. The minimum Gasteiger partial charge on any atom is -0.495 e. The van der Waals surface area contributed by atoms with Crippen molar-refractivity contribution in [2.24, 2.45) is 0 Å². The van der Waals surface area contributed by atoms with Gasteiger partial charge in [-0.05, 0) is 49.9 Å². The van der Waals surface area contributed by atoms with Crippen molar-refractivity contribution >= 4 is 33.0 Å². The van der Waals surface area contributed by atoms with Gasteiger partial charge < -0.3 is 15.0 Å². The number of nitrogens with zero attached hydrogens (tertiary/aromatic N) is 3. The zero-order valence-electron chi connectivity index (χ0n) is 19.6. The molecule has 0 radical (unpaired) electrons. The molecule has 1 aliphatic heterocycles. The van der Waals surface area contributed by atoms with E-state index in [4.69, 9.17) is 4.74 Å². The lowest BCUT2D eigenvalue weighted by Gasteiger charge is -2.29. The van der Waals surface area contributed by atoms with Crippen molar-refractivity contribution in [1.82, 2.24) is 5.32 Å². The molecule has 0 aromatic heterocycles. The highest BCUT2D eigenvalue weighted by molar-refractivity contribution is 7.92. The predicted molar refractivity (Wildman–Crippen MR) is 131 cm³/mol. The van der Waals surface area contributed by atoms with Crippen molar-refractivity contribution in [1.29, 1.82) is 0 Å². The van der Waals surface area contributed by atoms with Crippen molar-refractivity contribution < 1.29 is 22.9 Å². The molecule has 1 atom stereocenters. The Morgan fingerprint density at radius 3 is 2.38 bits per heavy atom. The second kappa shape index (κ2) is 10.7. The highest BCUT2D eigenvalue weighted by Crippen LogP contribution is 2.33. The molecule has 0 bridgehead atoms. The van der Waals surface area contributed by atoms with Gasteiger partial charge in [0, 0.05) is 30.9 Å². The molecule has 1 N–H and O–H groups in total. The van der Waals surface area contributed by atoms with E-state index in [1.54, 1.807) is 0 Å². The van der Waals surface area contributed by atoms with E-state index in [0.29, 0.717) is 0 Å². The van der Waals surface area contributed by atoms with Crippen LogP contribution in [0, 0.1) is 10.1 Å². The molecule has 2 aromatic rings. The summed E-state index contributed by atoms with van der Waals surface area (Å²) in [7, 11) is -2.62. The molecule has 0 saturated carbocycles. The Kier molecular flexibility index (Phi) is 7.98. The van der Waals surface area contributed by atoms with Crippen LogP contribution in [-0.4, -0.2) is 52.2 Å². The van der Waals surface area contributed by atoms with Crippen molar-refractivity contribution in [2.45, 2.75) is 32.2 Å². The van der Waals surface area contributed by atoms with E-state index in [-0.39, 0.29) is 23.2 Å². The molecule has 34 heavy (non-hydrogen) atoms. The van der Waals surface area contributed by atoms with Crippen LogP contribution in [-0.2, 0) is 14.8 Å². The smallest absolute Gasteiger partial charge is 0.271 e. The second-order valence-corrected chi connectivity index (χ2v) is 10.2. The number of anilines is 2. The van der Waals surface area contributed by atoms with Gasteiger partial charge in [0.1, 0.15) is 18.0 Å². The van der Waals surface area contributed by atoms with Gasteiger partial charge in [-0.25, -0.2) is 8.42 Å². The van der Waals surface area contributed by atoms with Gasteiger partial charge in [-0.15, -0.1) is 0 Å². The van der Waals surface area contributed by atoms with Crippen LogP contribution in [0.2, 0.25) is 0 Å². The van der Waals surface area contributed by atoms with Crippen molar-refractivity contribution in [3.63, 3.8) is 0 Å². The number of hydrogen-bond donors (Lipinski definition) is 1. The van der Waals surface area contributed by atoms with Crippen LogP contribution in [0.4, 0.5) is 17.1 Å². The third kappa shape index (κ3) is 6.16. The average Bonchev–Trinajstić information content (AvgIpc) is 2.82. The van der Waals surface area contributed by atoms with E-state index in [1.807, 2.05) is 31.2 Å². The molecule has 1 fully saturated rings. The van der Waals surface area contributed by atoms with Crippen LogP contribution < -0.4 is 19.3 Å². The Balaban J connectivity index is 1.74. The number of non-ortho nitro benzene ring substituents is 1. The van der Waals surface area contributed by atoms with Gasteiger partial charge in [0.25, 0.3) is 5.69 Å². The number of carbonyl (C=O) groups excluding carboxylic acids is 1. The summed E-state index contributed by atoms with van der Waals surface area (Å²) in [6, 6.07) is 11.2. The van der Waals surface area contributed by atoms with Crippen molar-refractivity contribution in [3.8, 4) is 5.75 Å². The van der Waals surface area contributed by atoms with Crippen LogP contribution in [0.25, 0.3) is 0 Å². The Bertz CT molecular complexity index is 1130. The molecule has 3 rings (SSSR count). The molecule has 1 heterocycles. The number of sulfonamides is 1. The van der Waals surface area contributed by atoms with E-state index in [2.05, 4.69) is 10.2 Å². The summed E-state index contributed by atoms with van der Waals surface area (Å²) in [4.78, 5) is 25.7. The van der Waals surface area contributed by atoms with Gasteiger partial charge in [-0.3, -0.25) is 19.2 Å². The first-order valence-corrected chi connectivity index (χ1v) is 12.9. The third-order valence-corrected chi connectivity index (χ3v) is 6.95. The van der Waals surface area contributed by atoms with E-state index < -0.39 is 27.4 Å². The molecule has 1 unspecified atom stereocenters. The van der Waals surface area contributed by atoms with Gasteiger partial charge in [0.15, 0.2) is 0 Å². The number of nitro benzene ring substituents is 1. The van der Waals surface area contributed by atoms with Crippen LogP contribution in [0.5, 0.6) is 5.75 Å². The Hall–Kier alpha value is -3.34. The lowest BCUT2D eigenvalue weighted by atomic mass is 10.1. The van der Waals surface area contributed by atoms with Crippen LogP contribution >= 0.6 is 0 Å². The number of carbonyl (C=O) groups is 1. The molecule has 0 spiro atoms. The second-order valence-electron chi connectivity index (χ2n) is 8.31. The van der Waals surface area contributed by atoms with Gasteiger partial charge in [0.05, 0.1) is 24.3 Å². The fourth-order valence-electron chi connectivity index (χ4n) is 3.99. The zero-order chi connectivity index (χ0) is 24.9. The molecular weight excluding hydrogens is 460 g/mol. The van der Waals surface area contributed by atoms with Crippen molar-refractivity contribution in [2.75, 3.05) is 42.2 Å². The first-order chi connectivity index (χ1) is 16.1. The molecule has 11 heteroatoms. The van der Waals surface area contributed by atoms with Gasteiger partial charge in [0.2, 0.25) is 15.9 Å². The standard InChI is InChI=1S/C23H30N4O6S/c1-17(18-7-9-19(10-8-18)25-13-5-4-6-14-25)24-23(28)16-26(34(3,31)32)21-15-20(27(29)30)11-12-22(21)33-2/h7-12,15,17H,4-6,13-14,16H2,1-3H3,(H,24,28). The average molecular weight is 491 g/mol. The molecular formula is C23H30N4O6S. The number of benzene rings is 2. The summed E-state index contributed by atoms with van der Waals surface area (Å²) in [6.45, 7) is 3.33. The van der Waals surface area contributed by atoms with Crippen molar-refractivity contribution in [3.05, 3.63) is 58.1 Å². The van der Waals surface area contributed by atoms with E-state index >= 15 is 0 Å². The number of amides is 1. The lowest BCUT2D eigenvalue weighted by molar-refractivity contribution is -0.384. The Labute approximate surface area is 199 Å². The summed E-state index contributed by atoms with van der Waals surface area (Å²) in [6.07, 6.45) is 4.55. The van der Waals surface area contributed by atoms with Gasteiger partial charge in [-0.1, -0.05) is 12.1 Å². The maximum absolute atomic E-state index is 12.8. The maximum atomic E-state index is 12.8. The quantitative estimate of drug-likeness (QED) is 0.423. The summed E-state index contributed by atoms with van der Waals surface area (Å²) in [5.41, 5.74) is 1.64. The minimum absolute atomic E-state index is 0.0760. The number of methoxy groups -OCH3 is 1. The van der Waals surface area contributed by atoms with Gasteiger partial charge in [-0.2, -0.15) is 0 Å². The van der Waals surface area contributed by atoms with Gasteiger partial charge >= 0.3 is 0 Å². The summed E-state index contributed by atoms with van der Waals surface area (Å²) >= 11 is 0.